The van der Waals surface area contributed by atoms with Crippen LogP contribution < -0.4 is 79.8 Å². The monoisotopic (exact) mass is 1030 g/mol. The fourth-order valence-electron chi connectivity index (χ4n) is 4.92. The Morgan fingerprint density at radius 3 is 0.708 bits per heavy atom. The second kappa shape index (κ2) is 32.4. The maximum atomic E-state index is 12.5. The highest BCUT2D eigenvalue weighted by atomic mass is 16.4. The zero-order chi connectivity index (χ0) is 55.4. The Morgan fingerprint density at radius 2 is 0.458 bits per heavy atom. The highest BCUT2D eigenvalue weighted by Gasteiger charge is 2.27. The van der Waals surface area contributed by atoms with Crippen molar-refractivity contribution < 1.29 is 81.8 Å². The lowest BCUT2D eigenvalue weighted by Gasteiger charge is -2.21. The largest absolute Gasteiger partial charge is 0.480 e. The Labute approximate surface area is 412 Å². The van der Waals surface area contributed by atoms with Crippen molar-refractivity contribution in [3.05, 3.63) is 0 Å². The molecule has 0 spiro atoms. The normalized spacial score (nSPS) is 13.7. The second-order valence-corrected chi connectivity index (χ2v) is 15.8. The number of hydrogen-bond acceptors (Lipinski definition) is 16. The van der Waals surface area contributed by atoms with Gasteiger partial charge in [0, 0.05) is 6.92 Å². The number of carboxylic acids is 1. The molecule has 0 unspecified atom stereocenters. The van der Waals surface area contributed by atoms with Gasteiger partial charge in [-0.2, -0.15) is 0 Å². The van der Waals surface area contributed by atoms with E-state index in [-0.39, 0.29) is 0 Å². The maximum absolute atomic E-state index is 12.5. The number of rotatable bonds is 30. The second-order valence-electron chi connectivity index (χ2n) is 15.8. The van der Waals surface area contributed by atoms with Crippen LogP contribution in [0.25, 0.3) is 0 Å². The Balaban J connectivity index is 4.37. The Kier molecular flexibility index (Phi) is 28.5. The van der Waals surface area contributed by atoms with Gasteiger partial charge < -0.3 is 84.9 Å². The van der Waals surface area contributed by atoms with E-state index in [1.807, 2.05) is 0 Å². The van der Waals surface area contributed by atoms with E-state index in [1.54, 1.807) is 0 Å². The summed E-state index contributed by atoms with van der Waals surface area (Å²) in [6.07, 6.45) is 0. The van der Waals surface area contributed by atoms with Crippen LogP contribution in [0.4, 0.5) is 0 Å². The molecule has 0 aromatic heterocycles. The fraction of sp³-hybridized carbons (Fsp3) is 0.600. The van der Waals surface area contributed by atoms with Crippen LogP contribution in [0.3, 0.4) is 0 Å². The van der Waals surface area contributed by atoms with Crippen molar-refractivity contribution in [1.29, 1.82) is 0 Å². The molecule has 0 radical (unpaired) electrons. The molecule has 32 nitrogen and oxygen atoms in total. The van der Waals surface area contributed by atoms with Gasteiger partial charge in [-0.05, 0) is 55.4 Å². The first-order chi connectivity index (χ1) is 33.4. The van der Waals surface area contributed by atoms with Crippen LogP contribution in [0, 0.1) is 0 Å². The van der Waals surface area contributed by atoms with E-state index in [1.165, 1.54) is 62.3 Å². The first-order valence-corrected chi connectivity index (χ1v) is 21.9. The third-order valence-electron chi connectivity index (χ3n) is 9.17. The average molecular weight is 1030 g/mol. The van der Waals surface area contributed by atoms with Gasteiger partial charge in [0.25, 0.3) is 0 Å². The number of amides is 15. The van der Waals surface area contributed by atoms with Gasteiger partial charge in [0.1, 0.15) is 48.3 Å². The van der Waals surface area contributed by atoms with Gasteiger partial charge in [-0.1, -0.05) is 0 Å². The van der Waals surface area contributed by atoms with Crippen LogP contribution in [0.1, 0.15) is 62.3 Å². The van der Waals surface area contributed by atoms with Crippen molar-refractivity contribution in [2.45, 2.75) is 111 Å². The lowest BCUT2D eigenvalue weighted by molar-refractivity contribution is -0.141. The molecule has 0 fully saturated rings. The molecule has 0 saturated heterocycles. The number of carbonyl (C=O) groups excluding carboxylic acids is 15. The molecule has 0 aliphatic rings. The molecule has 16 N–H and O–H groups in total. The number of aliphatic carboxylic acids is 1. The molecular weight excluding hydrogens is 963 g/mol. The molecule has 72 heavy (non-hydrogen) atoms. The van der Waals surface area contributed by atoms with Crippen molar-refractivity contribution >= 4 is 94.6 Å². The highest BCUT2D eigenvalue weighted by molar-refractivity contribution is 5.98. The molecule has 15 amide bonds. The Morgan fingerprint density at radius 1 is 0.264 bits per heavy atom. The topological polar surface area (TPSA) is 474 Å². The molecule has 0 bridgehead atoms. The van der Waals surface area contributed by atoms with E-state index in [4.69, 9.17) is 5.11 Å². The summed E-state index contributed by atoms with van der Waals surface area (Å²) < 4.78 is 0. The van der Waals surface area contributed by atoms with Gasteiger partial charge >= 0.3 is 5.97 Å². The maximum Gasteiger partial charge on any atom is 0.325 e. The predicted molar refractivity (Wildman–Crippen MR) is 245 cm³/mol. The molecule has 402 valence electrons. The molecular formula is C40H65N15O17. The first kappa shape index (κ1) is 63.5. The smallest absolute Gasteiger partial charge is 0.325 e. The molecule has 0 rings (SSSR count). The van der Waals surface area contributed by atoms with Crippen molar-refractivity contribution in [3.63, 3.8) is 0 Å². The van der Waals surface area contributed by atoms with Crippen molar-refractivity contribution in [3.8, 4) is 0 Å². The van der Waals surface area contributed by atoms with Crippen molar-refractivity contribution in [2.24, 2.45) is 0 Å². The highest BCUT2D eigenvalue weighted by Crippen LogP contribution is 1.94. The van der Waals surface area contributed by atoms with Crippen molar-refractivity contribution in [2.75, 3.05) is 45.8 Å². The van der Waals surface area contributed by atoms with E-state index in [2.05, 4.69) is 79.8 Å². The minimum Gasteiger partial charge on any atom is -0.480 e. The van der Waals surface area contributed by atoms with E-state index < -0.39 is 189 Å². The van der Waals surface area contributed by atoms with Crippen molar-refractivity contribution in [1.82, 2.24) is 79.8 Å². The van der Waals surface area contributed by atoms with Gasteiger partial charge in [-0.15, -0.1) is 0 Å². The van der Waals surface area contributed by atoms with Crippen LogP contribution in [-0.2, 0) is 76.7 Å². The van der Waals surface area contributed by atoms with Gasteiger partial charge in [0.15, 0.2) is 0 Å². The fourth-order valence-corrected chi connectivity index (χ4v) is 4.92. The molecule has 32 heteroatoms. The standard InChI is InChI=1S/C40H65N15O17/c1-17(50-36(67)20(4)53-37(68)21(5)51-34(65)18(2)48-25(9)56)33(64)47-15-31(62)45-13-29(60)43-11-27(58)41-10-26(57)42-12-28(59)44-14-30(61)46-16-32(63)49-19(3)35(66)52-22(6)38(69)54-23(7)39(70)55-24(8)40(71)72/h17-24H,10-16H2,1-9H3,(H,41,58)(H,42,57)(H,43,60)(H,44,59)(H,45,62)(H,46,61)(H,47,64)(H,48,56)(H,49,63)(H,50,67)(H,51,65)(H,52,66)(H,53,68)(H,54,69)(H,55,70)(H,71,72)/t17-,18-,19-,20-,21-,22-,23-,24-/m0/s1. The lowest BCUT2D eigenvalue weighted by Crippen LogP contribution is -2.56. The lowest BCUT2D eigenvalue weighted by atomic mass is 10.2. The summed E-state index contributed by atoms with van der Waals surface area (Å²) in [4.78, 5) is 193. The van der Waals surface area contributed by atoms with E-state index >= 15 is 0 Å². The Hall–Kier alpha value is -8.48. The predicted octanol–water partition coefficient (Wildman–Crippen LogP) is -10.1. The zero-order valence-electron chi connectivity index (χ0n) is 41.0. The number of hydrogen-bond donors (Lipinski definition) is 16. The summed E-state index contributed by atoms with van der Waals surface area (Å²) in [5, 5.41) is 42.7. The van der Waals surface area contributed by atoms with Gasteiger partial charge in [0.2, 0.25) is 88.6 Å². The third kappa shape index (κ3) is 27.5. The van der Waals surface area contributed by atoms with Gasteiger partial charge in [0.05, 0.1) is 45.8 Å². The van der Waals surface area contributed by atoms with Crippen LogP contribution >= 0.6 is 0 Å². The zero-order valence-corrected chi connectivity index (χ0v) is 41.0. The van der Waals surface area contributed by atoms with Crippen LogP contribution in [0.5, 0.6) is 0 Å². The van der Waals surface area contributed by atoms with Crippen LogP contribution in [0.15, 0.2) is 0 Å². The third-order valence-corrected chi connectivity index (χ3v) is 9.17. The number of carboxylic acid groups (broad SMARTS) is 1. The summed E-state index contributed by atoms with van der Waals surface area (Å²) in [6.45, 7) is 7.32. The summed E-state index contributed by atoms with van der Waals surface area (Å²) in [5.41, 5.74) is 0. The first-order valence-electron chi connectivity index (χ1n) is 21.9. The van der Waals surface area contributed by atoms with E-state index in [9.17, 15) is 76.7 Å². The number of nitrogens with one attached hydrogen (secondary N) is 15. The molecule has 0 saturated carbocycles. The average Bonchev–Trinajstić information content (AvgIpc) is 3.30. The number of carbonyl (C=O) groups is 16. The Bertz CT molecular complexity index is 2070. The molecule has 0 aromatic carbocycles. The minimum absolute atomic E-state index is 0.453. The SMILES string of the molecule is CC(=O)N[C@@H](C)C(=O)N[C@@H](C)C(=O)N[C@@H](C)C(=O)N[C@@H](C)C(=O)NCC(=O)NCC(=O)NCC(=O)NCC(=O)NCC(=O)NCC(=O)NCC(=O)N[C@@H](C)C(=O)N[C@@H](C)C(=O)N[C@@H](C)C(=O)N[C@@H](C)C(=O)O. The molecule has 0 aliphatic carbocycles. The quantitative estimate of drug-likeness (QED) is 0.0318. The van der Waals surface area contributed by atoms with Gasteiger partial charge in [-0.3, -0.25) is 76.7 Å². The van der Waals surface area contributed by atoms with E-state index in [0.717, 1.165) is 0 Å². The van der Waals surface area contributed by atoms with Gasteiger partial charge in [-0.25, -0.2) is 0 Å². The summed E-state index contributed by atoms with van der Waals surface area (Å²) in [7, 11) is 0. The summed E-state index contributed by atoms with van der Waals surface area (Å²) in [6, 6.07) is -9.05. The van der Waals surface area contributed by atoms with Crippen LogP contribution in [0.2, 0.25) is 0 Å². The summed E-state index contributed by atoms with van der Waals surface area (Å²) >= 11 is 0. The molecule has 0 aromatic rings. The minimum atomic E-state index is -1.29. The summed E-state index contributed by atoms with van der Waals surface area (Å²) in [5.74, 6) is -12.9. The van der Waals surface area contributed by atoms with E-state index in [0.29, 0.717) is 0 Å². The molecule has 0 aliphatic heterocycles. The molecule has 0 heterocycles. The van der Waals surface area contributed by atoms with Crippen LogP contribution in [-0.4, -0.2) is 194 Å². The molecule has 8 atom stereocenters.